The van der Waals surface area contributed by atoms with Crippen molar-refractivity contribution in [3.63, 3.8) is 0 Å². The van der Waals surface area contributed by atoms with E-state index < -0.39 is 11.8 Å². The molecule has 0 aliphatic carbocycles. The molecule has 0 bridgehead atoms. The average molecular weight is 336 g/mol. The van der Waals surface area contributed by atoms with Crippen molar-refractivity contribution in [2.24, 2.45) is 0 Å². The Morgan fingerprint density at radius 3 is 2.36 bits per heavy atom. The summed E-state index contributed by atoms with van der Waals surface area (Å²) in [6, 6.07) is 16.5. The van der Waals surface area contributed by atoms with Crippen LogP contribution in [0.5, 0.6) is 0 Å². The lowest BCUT2D eigenvalue weighted by atomic mass is 10.1. The zero-order valence-corrected chi connectivity index (χ0v) is 14.2. The Kier molecular flexibility index (Phi) is 6.13. The van der Waals surface area contributed by atoms with E-state index in [2.05, 4.69) is 10.6 Å². The third-order valence-electron chi connectivity index (χ3n) is 3.65. The topological polar surface area (TPSA) is 85.2 Å². The Morgan fingerprint density at radius 2 is 1.72 bits per heavy atom. The lowest BCUT2D eigenvalue weighted by molar-refractivity contribution is -0.136. The summed E-state index contributed by atoms with van der Waals surface area (Å²) in [5.74, 6) is -1.51. The van der Waals surface area contributed by atoms with Crippen LogP contribution in [0.3, 0.4) is 0 Å². The van der Waals surface area contributed by atoms with Gasteiger partial charge in [-0.05, 0) is 36.2 Å². The molecule has 128 valence electrons. The lowest BCUT2D eigenvalue weighted by Crippen LogP contribution is -2.36. The van der Waals surface area contributed by atoms with E-state index in [1.807, 2.05) is 49.3 Å². The first-order valence-corrected chi connectivity index (χ1v) is 7.86. The molecule has 6 nitrogen and oxygen atoms in total. The number of carbonyl (C=O) groups is 2. The van der Waals surface area contributed by atoms with Gasteiger partial charge in [-0.25, -0.2) is 0 Å². The maximum atomic E-state index is 11.9. The van der Waals surface area contributed by atoms with Crippen LogP contribution in [0.4, 0.5) is 11.4 Å². The zero-order chi connectivity index (χ0) is 18.2. The first kappa shape index (κ1) is 18.0. The van der Waals surface area contributed by atoms with Crippen LogP contribution < -0.4 is 15.5 Å². The summed E-state index contributed by atoms with van der Waals surface area (Å²) < 4.78 is 0. The van der Waals surface area contributed by atoms with Crippen molar-refractivity contribution in [3.8, 4) is 6.07 Å². The molecule has 0 aliphatic rings. The van der Waals surface area contributed by atoms with Crippen molar-refractivity contribution < 1.29 is 9.59 Å². The molecule has 0 radical (unpaired) electrons. The highest BCUT2D eigenvalue weighted by atomic mass is 16.2. The first-order valence-electron chi connectivity index (χ1n) is 7.86. The maximum Gasteiger partial charge on any atom is 0.313 e. The van der Waals surface area contributed by atoms with E-state index in [0.29, 0.717) is 24.2 Å². The van der Waals surface area contributed by atoms with Gasteiger partial charge in [0.25, 0.3) is 0 Å². The number of nitrogens with one attached hydrogen (secondary N) is 2. The molecule has 0 spiro atoms. The van der Waals surface area contributed by atoms with Gasteiger partial charge < -0.3 is 15.5 Å². The minimum Gasteiger partial charge on any atom is -0.378 e. The number of amides is 2. The van der Waals surface area contributed by atoms with Gasteiger partial charge in [0.1, 0.15) is 6.07 Å². The van der Waals surface area contributed by atoms with Crippen molar-refractivity contribution in [2.45, 2.75) is 6.42 Å². The number of hydrogen-bond donors (Lipinski definition) is 2. The van der Waals surface area contributed by atoms with Crippen LogP contribution in [0.15, 0.2) is 48.5 Å². The molecule has 2 amide bonds. The summed E-state index contributed by atoms with van der Waals surface area (Å²) in [4.78, 5) is 25.8. The van der Waals surface area contributed by atoms with E-state index in [9.17, 15) is 9.59 Å². The number of anilines is 2. The van der Waals surface area contributed by atoms with Crippen LogP contribution in [-0.4, -0.2) is 32.5 Å². The second-order valence-corrected chi connectivity index (χ2v) is 5.68. The first-order chi connectivity index (χ1) is 12.0. The number of para-hydroxylation sites is 1. The molecule has 0 aromatic heterocycles. The molecule has 0 aliphatic heterocycles. The molecule has 2 N–H and O–H groups in total. The summed E-state index contributed by atoms with van der Waals surface area (Å²) in [5.41, 5.74) is 2.80. The number of nitrogens with zero attached hydrogens (tertiary/aromatic N) is 2. The normalized spacial score (nSPS) is 9.80. The molecule has 2 aromatic carbocycles. The van der Waals surface area contributed by atoms with Gasteiger partial charge in [-0.1, -0.05) is 24.3 Å². The Morgan fingerprint density at radius 1 is 1.04 bits per heavy atom. The maximum absolute atomic E-state index is 11.9. The quantitative estimate of drug-likeness (QED) is 0.817. The Hall–Kier alpha value is -3.33. The molecule has 2 aromatic rings. The molecule has 0 atom stereocenters. The van der Waals surface area contributed by atoms with E-state index in [4.69, 9.17) is 5.26 Å². The number of hydrogen-bond acceptors (Lipinski definition) is 4. The summed E-state index contributed by atoms with van der Waals surface area (Å²) in [6.45, 7) is 0.355. The highest BCUT2D eigenvalue weighted by Crippen LogP contribution is 2.13. The predicted octanol–water partition coefficient (Wildman–Crippen LogP) is 1.92. The van der Waals surface area contributed by atoms with Crippen molar-refractivity contribution >= 4 is 23.2 Å². The molecule has 0 heterocycles. The van der Waals surface area contributed by atoms with E-state index in [0.717, 1.165) is 11.3 Å². The van der Waals surface area contributed by atoms with Gasteiger partial charge in [-0.3, -0.25) is 9.59 Å². The fourth-order valence-corrected chi connectivity index (χ4v) is 2.23. The molecule has 0 saturated carbocycles. The van der Waals surface area contributed by atoms with E-state index >= 15 is 0 Å². The van der Waals surface area contributed by atoms with Gasteiger partial charge >= 0.3 is 11.8 Å². The molecule has 0 saturated heterocycles. The number of carbonyl (C=O) groups excluding carboxylic acids is 2. The van der Waals surface area contributed by atoms with Gasteiger partial charge in [-0.2, -0.15) is 5.26 Å². The molecule has 6 heteroatoms. The third kappa shape index (κ3) is 5.08. The average Bonchev–Trinajstić information content (AvgIpc) is 2.62. The van der Waals surface area contributed by atoms with Gasteiger partial charge in [-0.15, -0.1) is 0 Å². The molecule has 0 unspecified atom stereocenters. The molecular weight excluding hydrogens is 316 g/mol. The summed E-state index contributed by atoms with van der Waals surface area (Å²) >= 11 is 0. The highest BCUT2D eigenvalue weighted by Gasteiger charge is 2.14. The van der Waals surface area contributed by atoms with Crippen LogP contribution in [-0.2, 0) is 16.0 Å². The van der Waals surface area contributed by atoms with Crippen molar-refractivity contribution in [2.75, 3.05) is 30.9 Å². The van der Waals surface area contributed by atoms with E-state index in [1.165, 1.54) is 0 Å². The fraction of sp³-hybridized carbons (Fsp3) is 0.211. The minimum absolute atomic E-state index is 0.310. The van der Waals surface area contributed by atoms with Crippen molar-refractivity contribution in [1.29, 1.82) is 5.26 Å². The van der Waals surface area contributed by atoms with E-state index in [-0.39, 0.29) is 0 Å². The van der Waals surface area contributed by atoms with Crippen LogP contribution in [0, 0.1) is 11.3 Å². The second-order valence-electron chi connectivity index (χ2n) is 5.68. The summed E-state index contributed by atoms with van der Waals surface area (Å²) in [5, 5.41) is 14.0. The van der Waals surface area contributed by atoms with E-state index in [1.54, 1.807) is 24.3 Å². The van der Waals surface area contributed by atoms with Gasteiger partial charge in [0.05, 0.1) is 11.3 Å². The monoisotopic (exact) mass is 336 g/mol. The highest BCUT2D eigenvalue weighted by molar-refractivity contribution is 6.39. The van der Waals surface area contributed by atoms with Gasteiger partial charge in [0, 0.05) is 26.3 Å². The van der Waals surface area contributed by atoms with Crippen LogP contribution >= 0.6 is 0 Å². The molecule has 25 heavy (non-hydrogen) atoms. The Labute approximate surface area is 147 Å². The van der Waals surface area contributed by atoms with Crippen molar-refractivity contribution in [1.82, 2.24) is 5.32 Å². The van der Waals surface area contributed by atoms with Gasteiger partial charge in [0.15, 0.2) is 0 Å². The summed E-state index contributed by atoms with van der Waals surface area (Å²) in [6.07, 6.45) is 0.626. The zero-order valence-electron chi connectivity index (χ0n) is 14.2. The molecule has 0 fully saturated rings. The van der Waals surface area contributed by atoms with Gasteiger partial charge in [0.2, 0.25) is 0 Å². The third-order valence-corrected chi connectivity index (χ3v) is 3.65. The Balaban J connectivity index is 1.83. The second kappa shape index (κ2) is 8.50. The van der Waals surface area contributed by atoms with Crippen LogP contribution in [0.25, 0.3) is 0 Å². The SMILES string of the molecule is CN(C)c1ccc(CCNC(=O)C(=O)Nc2ccccc2C#N)cc1. The standard InChI is InChI=1S/C19H20N4O2/c1-23(2)16-9-7-14(8-10-16)11-12-21-18(24)19(25)22-17-6-4-3-5-15(17)13-20/h3-10H,11-12H2,1-2H3,(H,21,24)(H,22,25). The van der Waals surface area contributed by atoms with Crippen LogP contribution in [0.2, 0.25) is 0 Å². The number of nitriles is 1. The number of rotatable bonds is 5. The van der Waals surface area contributed by atoms with Crippen LogP contribution in [0.1, 0.15) is 11.1 Å². The number of benzene rings is 2. The smallest absolute Gasteiger partial charge is 0.313 e. The van der Waals surface area contributed by atoms with Crippen molar-refractivity contribution in [3.05, 3.63) is 59.7 Å². The molecular formula is C19H20N4O2. The summed E-state index contributed by atoms with van der Waals surface area (Å²) in [7, 11) is 3.94. The minimum atomic E-state index is -0.786. The largest absolute Gasteiger partial charge is 0.378 e. The fourth-order valence-electron chi connectivity index (χ4n) is 2.23. The lowest BCUT2D eigenvalue weighted by Gasteiger charge is -2.12. The Bertz CT molecular complexity index is 792. The predicted molar refractivity (Wildman–Crippen MR) is 97.3 cm³/mol. The molecule has 2 rings (SSSR count).